The fraction of sp³-hybridized carbons (Fsp3) is 0.650. The monoisotopic (exact) mass is 346 g/mol. The number of nitrogens with zero attached hydrogens (tertiary/aromatic N) is 1. The lowest BCUT2D eigenvalue weighted by molar-refractivity contribution is -0.210. The Morgan fingerprint density at radius 1 is 1.36 bits per heavy atom. The van der Waals surface area contributed by atoms with Crippen LogP contribution in [0.15, 0.2) is 30.3 Å². The minimum absolute atomic E-state index is 0.105. The summed E-state index contributed by atoms with van der Waals surface area (Å²) in [5.74, 6) is -0.154. The van der Waals surface area contributed by atoms with Gasteiger partial charge in [0.1, 0.15) is 0 Å². The number of benzene rings is 1. The summed E-state index contributed by atoms with van der Waals surface area (Å²) < 4.78 is 5.80. The fourth-order valence-electron chi connectivity index (χ4n) is 4.37. The molecule has 2 aliphatic rings. The number of nitrogens with two attached hydrogens (primary N) is 1. The topological polar surface area (TPSA) is 75.8 Å². The number of ether oxygens (including phenoxy) is 1. The summed E-state index contributed by atoms with van der Waals surface area (Å²) in [6.45, 7) is 5.91. The zero-order valence-electron chi connectivity index (χ0n) is 15.2. The van der Waals surface area contributed by atoms with Gasteiger partial charge in [-0.3, -0.25) is 4.79 Å². The highest BCUT2D eigenvalue weighted by Gasteiger charge is 2.56. The zero-order valence-corrected chi connectivity index (χ0v) is 15.2. The lowest BCUT2D eigenvalue weighted by Crippen LogP contribution is -2.63. The first kappa shape index (κ1) is 18.4. The lowest BCUT2D eigenvalue weighted by Gasteiger charge is -2.56. The Kier molecular flexibility index (Phi) is 5.46. The number of likely N-dealkylation sites (tertiary alicyclic amines) is 1. The van der Waals surface area contributed by atoms with E-state index in [0.29, 0.717) is 19.7 Å². The van der Waals surface area contributed by atoms with Crippen LogP contribution in [0, 0.1) is 11.3 Å². The van der Waals surface area contributed by atoms with E-state index in [-0.39, 0.29) is 35.5 Å². The van der Waals surface area contributed by atoms with Gasteiger partial charge in [-0.1, -0.05) is 37.3 Å². The predicted octanol–water partition coefficient (Wildman–Crippen LogP) is 2.10. The molecule has 3 N–H and O–H groups in total. The van der Waals surface area contributed by atoms with Crippen molar-refractivity contribution < 1.29 is 14.6 Å². The molecule has 1 aliphatic carbocycles. The Bertz CT molecular complexity index is 582. The van der Waals surface area contributed by atoms with Gasteiger partial charge in [-0.25, -0.2) is 0 Å². The van der Waals surface area contributed by atoms with Crippen molar-refractivity contribution in [3.63, 3.8) is 0 Å². The Balaban J connectivity index is 1.60. The largest absolute Gasteiger partial charge is 0.392 e. The van der Waals surface area contributed by atoms with E-state index in [1.807, 2.05) is 49.1 Å². The number of hydrogen-bond acceptors (Lipinski definition) is 4. The minimum Gasteiger partial charge on any atom is -0.392 e. The molecule has 1 saturated carbocycles. The Morgan fingerprint density at radius 3 is 2.56 bits per heavy atom. The van der Waals surface area contributed by atoms with Crippen LogP contribution in [0.5, 0.6) is 0 Å². The zero-order chi connectivity index (χ0) is 18.0. The van der Waals surface area contributed by atoms with Crippen LogP contribution in [0.3, 0.4) is 0 Å². The molecule has 5 heteroatoms. The first-order chi connectivity index (χ1) is 12.0. The van der Waals surface area contributed by atoms with Crippen molar-refractivity contribution >= 4 is 5.91 Å². The second-order valence-corrected chi connectivity index (χ2v) is 7.48. The number of rotatable bonds is 5. The smallest absolute Gasteiger partial charge is 0.227 e. The second kappa shape index (κ2) is 7.44. The molecule has 1 aromatic carbocycles. The fourth-order valence-corrected chi connectivity index (χ4v) is 4.37. The minimum atomic E-state index is -0.301. The normalized spacial score (nSPS) is 27.6. The van der Waals surface area contributed by atoms with Crippen LogP contribution < -0.4 is 5.73 Å². The Hall–Kier alpha value is -1.43. The van der Waals surface area contributed by atoms with E-state index in [0.717, 1.165) is 24.8 Å². The highest BCUT2D eigenvalue weighted by Crippen LogP contribution is 2.51. The average Bonchev–Trinajstić information content (AvgIpc) is 2.67. The van der Waals surface area contributed by atoms with Crippen molar-refractivity contribution in [3.05, 3.63) is 35.9 Å². The molecule has 1 aliphatic heterocycles. The van der Waals surface area contributed by atoms with Gasteiger partial charge in [-0.05, 0) is 25.3 Å². The van der Waals surface area contributed by atoms with Gasteiger partial charge in [-0.15, -0.1) is 0 Å². The second-order valence-electron chi connectivity index (χ2n) is 7.48. The standard InChI is InChI=1S/C20H30N2O3/c1-3-25-17-13-16(23)20(17)9-11-22(12-10-20)19(24)14(2)18(21)15-7-5-4-6-8-15/h4-8,14,16-18,23H,3,9-13,21H2,1-2H3. The summed E-state index contributed by atoms with van der Waals surface area (Å²) in [5.41, 5.74) is 7.15. The third-order valence-corrected chi connectivity index (χ3v) is 6.23. The van der Waals surface area contributed by atoms with Crippen LogP contribution in [0.25, 0.3) is 0 Å². The van der Waals surface area contributed by atoms with Crippen LogP contribution in [0.1, 0.15) is 44.7 Å². The van der Waals surface area contributed by atoms with Crippen molar-refractivity contribution in [1.29, 1.82) is 0 Å². The maximum atomic E-state index is 12.9. The van der Waals surface area contributed by atoms with Gasteiger partial charge in [0.2, 0.25) is 5.91 Å². The van der Waals surface area contributed by atoms with Gasteiger partial charge < -0.3 is 20.5 Å². The molecule has 3 rings (SSSR count). The third-order valence-electron chi connectivity index (χ3n) is 6.23. The average molecular weight is 346 g/mol. The number of aliphatic hydroxyl groups is 1. The number of piperidine rings is 1. The predicted molar refractivity (Wildman–Crippen MR) is 96.8 cm³/mol. The molecule has 1 amide bonds. The number of carbonyl (C=O) groups excluding carboxylic acids is 1. The van der Waals surface area contributed by atoms with Gasteiger partial charge in [0, 0.05) is 37.6 Å². The molecule has 0 radical (unpaired) electrons. The molecule has 25 heavy (non-hydrogen) atoms. The van der Waals surface area contributed by atoms with Crippen LogP contribution >= 0.6 is 0 Å². The molecule has 1 heterocycles. The van der Waals surface area contributed by atoms with Crippen molar-refractivity contribution in [3.8, 4) is 0 Å². The molecule has 0 bridgehead atoms. The third kappa shape index (κ3) is 3.33. The maximum absolute atomic E-state index is 12.9. The summed E-state index contributed by atoms with van der Waals surface area (Å²) in [6, 6.07) is 9.49. The van der Waals surface area contributed by atoms with Crippen molar-refractivity contribution in [2.24, 2.45) is 17.1 Å². The highest BCUT2D eigenvalue weighted by atomic mass is 16.5. The van der Waals surface area contributed by atoms with E-state index in [1.54, 1.807) is 0 Å². The van der Waals surface area contributed by atoms with Crippen molar-refractivity contribution in [2.45, 2.75) is 51.4 Å². The molecule has 4 atom stereocenters. The Morgan fingerprint density at radius 2 is 2.00 bits per heavy atom. The molecular formula is C20H30N2O3. The maximum Gasteiger partial charge on any atom is 0.227 e. The molecule has 2 fully saturated rings. The summed E-state index contributed by atoms with van der Waals surface area (Å²) in [4.78, 5) is 14.8. The van der Waals surface area contributed by atoms with Crippen LogP contribution in [0.4, 0.5) is 0 Å². The van der Waals surface area contributed by atoms with E-state index >= 15 is 0 Å². The SMILES string of the molecule is CCOC1CC(O)C12CCN(C(=O)C(C)C(N)c1ccccc1)CC2. The van der Waals surface area contributed by atoms with E-state index in [1.165, 1.54) is 0 Å². The van der Waals surface area contributed by atoms with E-state index in [4.69, 9.17) is 10.5 Å². The summed E-state index contributed by atoms with van der Waals surface area (Å²) in [7, 11) is 0. The van der Waals surface area contributed by atoms with Crippen molar-refractivity contribution in [2.75, 3.05) is 19.7 Å². The van der Waals surface area contributed by atoms with E-state index < -0.39 is 0 Å². The van der Waals surface area contributed by atoms with Gasteiger partial charge >= 0.3 is 0 Å². The van der Waals surface area contributed by atoms with Gasteiger partial charge in [0.15, 0.2) is 0 Å². The van der Waals surface area contributed by atoms with E-state index in [9.17, 15) is 9.90 Å². The van der Waals surface area contributed by atoms with E-state index in [2.05, 4.69) is 0 Å². The number of aliphatic hydroxyl groups excluding tert-OH is 1. The summed E-state index contributed by atoms with van der Waals surface area (Å²) in [6.07, 6.45) is 2.16. The highest BCUT2D eigenvalue weighted by molar-refractivity contribution is 5.79. The molecule has 1 saturated heterocycles. The number of carbonyl (C=O) groups is 1. The molecule has 1 spiro atoms. The van der Waals surface area contributed by atoms with Crippen LogP contribution in [0.2, 0.25) is 0 Å². The first-order valence-corrected chi connectivity index (χ1v) is 9.38. The van der Waals surface area contributed by atoms with Gasteiger partial charge in [0.25, 0.3) is 0 Å². The number of amides is 1. The Labute approximate surface area is 150 Å². The first-order valence-electron chi connectivity index (χ1n) is 9.38. The molecule has 4 unspecified atom stereocenters. The molecular weight excluding hydrogens is 316 g/mol. The van der Waals surface area contributed by atoms with Crippen LogP contribution in [-0.2, 0) is 9.53 Å². The number of hydrogen-bond donors (Lipinski definition) is 2. The molecule has 0 aromatic heterocycles. The summed E-state index contributed by atoms with van der Waals surface area (Å²) >= 11 is 0. The quantitative estimate of drug-likeness (QED) is 0.856. The van der Waals surface area contributed by atoms with Gasteiger partial charge in [-0.2, -0.15) is 0 Å². The van der Waals surface area contributed by atoms with Crippen LogP contribution in [-0.4, -0.2) is 47.8 Å². The van der Waals surface area contributed by atoms with Gasteiger partial charge in [0.05, 0.1) is 18.1 Å². The molecule has 1 aromatic rings. The molecule has 138 valence electrons. The lowest BCUT2D eigenvalue weighted by atomic mass is 9.58. The van der Waals surface area contributed by atoms with Crippen molar-refractivity contribution in [1.82, 2.24) is 4.90 Å². The summed E-state index contributed by atoms with van der Waals surface area (Å²) in [5, 5.41) is 10.3. The molecule has 5 nitrogen and oxygen atoms in total.